The Morgan fingerprint density at radius 1 is 1.07 bits per heavy atom. The second kappa shape index (κ2) is 9.98. The maximum atomic E-state index is 12.7. The largest absolute Gasteiger partial charge is 0.486 e. The van der Waals surface area contributed by atoms with Crippen LogP contribution in [0.5, 0.6) is 11.5 Å². The van der Waals surface area contributed by atoms with E-state index < -0.39 is 24.5 Å². The second-order valence-corrected chi connectivity index (χ2v) is 6.59. The Hall–Kier alpha value is -3.26. The number of para-hydroxylation sites is 1. The molecule has 0 aliphatic carbocycles. The van der Waals surface area contributed by atoms with Crippen LogP contribution >= 0.6 is 11.6 Å². The van der Waals surface area contributed by atoms with Crippen LogP contribution in [0.2, 0.25) is 5.02 Å². The summed E-state index contributed by atoms with van der Waals surface area (Å²) in [5, 5.41) is 0.207. The third-order valence-electron chi connectivity index (χ3n) is 4.12. The summed E-state index contributed by atoms with van der Waals surface area (Å²) < 4.78 is 20.9. The molecule has 1 aliphatic rings. The standard InChI is InChI=1S/C21H20ClNO7/c1-2-27-19(25)12-23(15-6-4-3-5-7-15)18(24)13-30-21(26)14-10-16(22)20-17(11-14)28-8-9-29-20/h3-7,10-11H,2,8-9,12-13H2,1H3. The van der Waals surface area contributed by atoms with Crippen molar-refractivity contribution in [2.45, 2.75) is 6.92 Å². The van der Waals surface area contributed by atoms with Gasteiger partial charge in [0.1, 0.15) is 19.8 Å². The van der Waals surface area contributed by atoms with E-state index in [9.17, 15) is 14.4 Å². The summed E-state index contributed by atoms with van der Waals surface area (Å²) in [4.78, 5) is 38.2. The first kappa shape index (κ1) is 21.4. The summed E-state index contributed by atoms with van der Waals surface area (Å²) in [5.74, 6) is -1.21. The molecule has 1 heterocycles. The zero-order valence-corrected chi connectivity index (χ0v) is 17.0. The molecule has 2 aromatic carbocycles. The number of anilines is 1. The fraction of sp³-hybridized carbons (Fsp3) is 0.286. The highest BCUT2D eigenvalue weighted by atomic mass is 35.5. The summed E-state index contributed by atoms with van der Waals surface area (Å²) in [5.41, 5.74) is 0.600. The van der Waals surface area contributed by atoms with Crippen LogP contribution in [0.4, 0.5) is 5.69 Å². The molecule has 1 amide bonds. The summed E-state index contributed by atoms with van der Waals surface area (Å²) in [6.45, 7) is 1.69. The Bertz CT molecular complexity index is 932. The number of benzene rings is 2. The summed E-state index contributed by atoms with van der Waals surface area (Å²) in [6.07, 6.45) is 0. The van der Waals surface area contributed by atoms with Gasteiger partial charge in [0.15, 0.2) is 18.1 Å². The number of carbonyl (C=O) groups is 3. The quantitative estimate of drug-likeness (QED) is 0.620. The first-order valence-corrected chi connectivity index (χ1v) is 9.64. The van der Waals surface area contributed by atoms with Gasteiger partial charge in [-0.1, -0.05) is 29.8 Å². The average Bonchev–Trinajstić information content (AvgIpc) is 2.76. The van der Waals surface area contributed by atoms with E-state index in [4.69, 9.17) is 30.5 Å². The summed E-state index contributed by atoms with van der Waals surface area (Å²) >= 11 is 6.13. The molecule has 0 saturated carbocycles. The topological polar surface area (TPSA) is 91.4 Å². The molecule has 30 heavy (non-hydrogen) atoms. The van der Waals surface area contributed by atoms with Crippen molar-refractivity contribution in [2.75, 3.05) is 37.9 Å². The van der Waals surface area contributed by atoms with Crippen LogP contribution < -0.4 is 14.4 Å². The van der Waals surface area contributed by atoms with Crippen molar-refractivity contribution in [1.29, 1.82) is 0 Å². The number of rotatable bonds is 7. The van der Waals surface area contributed by atoms with Gasteiger partial charge in [0.05, 0.1) is 17.2 Å². The third-order valence-corrected chi connectivity index (χ3v) is 4.40. The van der Waals surface area contributed by atoms with Crippen LogP contribution in [0, 0.1) is 0 Å². The molecule has 158 valence electrons. The molecule has 0 fully saturated rings. The third kappa shape index (κ3) is 5.21. The molecule has 9 heteroatoms. The number of halogens is 1. The molecule has 1 aliphatic heterocycles. The van der Waals surface area contributed by atoms with Crippen LogP contribution in [0.25, 0.3) is 0 Å². The van der Waals surface area contributed by atoms with Gasteiger partial charge >= 0.3 is 11.9 Å². The van der Waals surface area contributed by atoms with Gasteiger partial charge < -0.3 is 18.9 Å². The van der Waals surface area contributed by atoms with Gasteiger partial charge in [0.25, 0.3) is 5.91 Å². The Balaban J connectivity index is 1.69. The van der Waals surface area contributed by atoms with Crippen LogP contribution in [0.1, 0.15) is 17.3 Å². The van der Waals surface area contributed by atoms with Crippen molar-refractivity contribution in [3.8, 4) is 11.5 Å². The number of hydrogen-bond acceptors (Lipinski definition) is 7. The lowest BCUT2D eigenvalue weighted by Crippen LogP contribution is -2.39. The number of fused-ring (bicyclic) bond motifs is 1. The van der Waals surface area contributed by atoms with Crippen molar-refractivity contribution >= 4 is 35.1 Å². The fourth-order valence-electron chi connectivity index (χ4n) is 2.78. The van der Waals surface area contributed by atoms with Gasteiger partial charge in [-0.05, 0) is 31.2 Å². The number of nitrogens with zero attached hydrogens (tertiary/aromatic N) is 1. The molecule has 3 rings (SSSR count). The number of esters is 2. The highest BCUT2D eigenvalue weighted by Crippen LogP contribution is 2.38. The predicted molar refractivity (Wildman–Crippen MR) is 108 cm³/mol. The average molecular weight is 434 g/mol. The van der Waals surface area contributed by atoms with Crippen LogP contribution in [-0.2, 0) is 19.1 Å². The highest BCUT2D eigenvalue weighted by molar-refractivity contribution is 6.32. The van der Waals surface area contributed by atoms with E-state index in [2.05, 4.69) is 0 Å². The van der Waals surface area contributed by atoms with E-state index in [1.54, 1.807) is 37.3 Å². The summed E-state index contributed by atoms with van der Waals surface area (Å²) in [7, 11) is 0. The number of carbonyl (C=O) groups excluding carboxylic acids is 3. The molecule has 0 atom stereocenters. The monoisotopic (exact) mass is 433 g/mol. The first-order valence-electron chi connectivity index (χ1n) is 9.27. The highest BCUT2D eigenvalue weighted by Gasteiger charge is 2.23. The van der Waals surface area contributed by atoms with E-state index in [0.717, 1.165) is 0 Å². The molecule has 2 aromatic rings. The lowest BCUT2D eigenvalue weighted by molar-refractivity contribution is -0.142. The molecule has 0 unspecified atom stereocenters. The molecular weight excluding hydrogens is 414 g/mol. The SMILES string of the molecule is CCOC(=O)CN(C(=O)COC(=O)c1cc(Cl)c2c(c1)OCCO2)c1ccccc1. The number of hydrogen-bond donors (Lipinski definition) is 0. The molecule has 0 aromatic heterocycles. The van der Waals surface area contributed by atoms with Gasteiger partial charge in [-0.25, -0.2) is 4.79 Å². The van der Waals surface area contributed by atoms with E-state index in [1.165, 1.54) is 17.0 Å². The second-order valence-electron chi connectivity index (χ2n) is 6.18. The lowest BCUT2D eigenvalue weighted by atomic mass is 10.2. The normalized spacial score (nSPS) is 12.1. The smallest absolute Gasteiger partial charge is 0.338 e. The van der Waals surface area contributed by atoms with E-state index in [-0.39, 0.29) is 23.7 Å². The Morgan fingerprint density at radius 3 is 2.53 bits per heavy atom. The molecule has 8 nitrogen and oxygen atoms in total. The zero-order valence-electron chi connectivity index (χ0n) is 16.3. The van der Waals surface area contributed by atoms with Crippen LogP contribution in [0.3, 0.4) is 0 Å². The minimum absolute atomic E-state index is 0.119. The van der Waals surface area contributed by atoms with Crippen molar-refractivity contribution in [3.05, 3.63) is 53.1 Å². The molecular formula is C21H20ClNO7. The lowest BCUT2D eigenvalue weighted by Gasteiger charge is -2.22. The van der Waals surface area contributed by atoms with E-state index >= 15 is 0 Å². The Labute approximate surface area is 178 Å². The zero-order chi connectivity index (χ0) is 21.5. The van der Waals surface area contributed by atoms with Crippen molar-refractivity contribution in [3.63, 3.8) is 0 Å². The molecule has 0 N–H and O–H groups in total. The molecule has 0 radical (unpaired) electrons. The minimum Gasteiger partial charge on any atom is -0.486 e. The Kier molecular flexibility index (Phi) is 7.13. The molecule has 0 spiro atoms. The number of amides is 1. The Morgan fingerprint density at radius 2 is 1.80 bits per heavy atom. The fourth-order valence-corrected chi connectivity index (χ4v) is 3.05. The maximum absolute atomic E-state index is 12.7. The van der Waals surface area contributed by atoms with E-state index in [1.807, 2.05) is 0 Å². The van der Waals surface area contributed by atoms with Gasteiger partial charge in [-0.2, -0.15) is 0 Å². The first-order chi connectivity index (χ1) is 14.5. The van der Waals surface area contributed by atoms with Gasteiger partial charge in [-0.15, -0.1) is 0 Å². The van der Waals surface area contributed by atoms with Gasteiger partial charge in [0, 0.05) is 5.69 Å². The maximum Gasteiger partial charge on any atom is 0.338 e. The van der Waals surface area contributed by atoms with Crippen molar-refractivity contribution < 1.29 is 33.3 Å². The van der Waals surface area contributed by atoms with Crippen molar-refractivity contribution in [1.82, 2.24) is 0 Å². The molecule has 0 saturated heterocycles. The van der Waals surface area contributed by atoms with Crippen LogP contribution in [0.15, 0.2) is 42.5 Å². The predicted octanol–water partition coefficient (Wildman–Crippen LogP) is 2.86. The molecule has 0 bridgehead atoms. The van der Waals surface area contributed by atoms with Crippen molar-refractivity contribution in [2.24, 2.45) is 0 Å². The summed E-state index contributed by atoms with van der Waals surface area (Å²) in [6, 6.07) is 11.4. The number of ether oxygens (including phenoxy) is 4. The minimum atomic E-state index is -0.758. The van der Waals surface area contributed by atoms with Gasteiger partial charge in [-0.3, -0.25) is 14.5 Å². The van der Waals surface area contributed by atoms with E-state index in [0.29, 0.717) is 30.4 Å². The van der Waals surface area contributed by atoms with Gasteiger partial charge in [0.2, 0.25) is 0 Å². The van der Waals surface area contributed by atoms with Crippen LogP contribution in [-0.4, -0.2) is 50.8 Å².